The smallest absolute Gasteiger partial charge is 0.252 e. The van der Waals surface area contributed by atoms with E-state index in [0.29, 0.717) is 17.5 Å². The second-order valence-corrected chi connectivity index (χ2v) is 10.7. The van der Waals surface area contributed by atoms with E-state index >= 15 is 0 Å². The molecule has 2 aromatic heterocycles. The van der Waals surface area contributed by atoms with Gasteiger partial charge in [0.15, 0.2) is 0 Å². The molecule has 1 aliphatic heterocycles. The van der Waals surface area contributed by atoms with Gasteiger partial charge in [0.05, 0.1) is 6.04 Å². The van der Waals surface area contributed by atoms with Crippen LogP contribution in [0.5, 0.6) is 0 Å². The van der Waals surface area contributed by atoms with Crippen molar-refractivity contribution in [3.05, 3.63) is 88.8 Å². The number of nitrogens with one attached hydrogen (secondary N) is 1. The number of likely N-dealkylation sites (N-methyl/N-ethyl adjacent to an activating group) is 1. The fourth-order valence-corrected chi connectivity index (χ4v) is 6.05. The van der Waals surface area contributed by atoms with Crippen molar-refractivity contribution in [2.75, 3.05) is 43.4 Å². The van der Waals surface area contributed by atoms with E-state index in [-0.39, 0.29) is 11.6 Å². The molecule has 7 nitrogen and oxygen atoms in total. The minimum absolute atomic E-state index is 0.0156. The predicted octanol–water partition coefficient (Wildman–Crippen LogP) is 5.46. The summed E-state index contributed by atoms with van der Waals surface area (Å²) in [5.74, 6) is 0.905. The van der Waals surface area contributed by atoms with Crippen molar-refractivity contribution in [1.29, 1.82) is 0 Å². The number of benzene rings is 2. The van der Waals surface area contributed by atoms with Gasteiger partial charge in [0.1, 0.15) is 5.65 Å². The lowest BCUT2D eigenvalue weighted by atomic mass is 9.81. The van der Waals surface area contributed by atoms with Crippen LogP contribution in [0.4, 0.5) is 17.3 Å². The predicted molar refractivity (Wildman–Crippen MR) is 154 cm³/mol. The van der Waals surface area contributed by atoms with Gasteiger partial charge >= 0.3 is 0 Å². The molecule has 1 unspecified atom stereocenters. The van der Waals surface area contributed by atoms with Crippen LogP contribution in [0, 0.1) is 5.92 Å². The maximum atomic E-state index is 13.4. The van der Waals surface area contributed by atoms with Crippen molar-refractivity contribution in [2.45, 2.75) is 38.1 Å². The highest BCUT2D eigenvalue weighted by molar-refractivity contribution is 5.76. The van der Waals surface area contributed by atoms with E-state index in [2.05, 4.69) is 75.7 Å². The number of piperazine rings is 1. The topological polar surface area (TPSA) is 66.3 Å². The van der Waals surface area contributed by atoms with Crippen LogP contribution in [-0.2, 0) is 0 Å². The van der Waals surface area contributed by atoms with Crippen LogP contribution >= 0.6 is 0 Å². The lowest BCUT2D eigenvalue weighted by Gasteiger charge is -2.34. The lowest BCUT2D eigenvalue weighted by molar-refractivity contribution is 0.279. The molecule has 196 valence electrons. The van der Waals surface area contributed by atoms with Crippen LogP contribution in [0.25, 0.3) is 11.0 Å². The van der Waals surface area contributed by atoms with Crippen LogP contribution in [-0.4, -0.2) is 52.7 Å². The zero-order valence-corrected chi connectivity index (χ0v) is 22.1. The Morgan fingerprint density at radius 3 is 2.34 bits per heavy atom. The van der Waals surface area contributed by atoms with Crippen LogP contribution in [0.15, 0.2) is 77.7 Å². The van der Waals surface area contributed by atoms with Crippen LogP contribution in [0.1, 0.15) is 43.7 Å². The summed E-state index contributed by atoms with van der Waals surface area (Å²) in [6.07, 6.45) is 7.75. The van der Waals surface area contributed by atoms with Gasteiger partial charge in [-0.15, -0.1) is 0 Å². The Hall–Kier alpha value is -3.71. The lowest BCUT2D eigenvalue weighted by Crippen LogP contribution is -2.44. The Morgan fingerprint density at radius 1 is 0.868 bits per heavy atom. The quantitative estimate of drug-likeness (QED) is 0.373. The first kappa shape index (κ1) is 24.6. The van der Waals surface area contributed by atoms with E-state index in [1.807, 2.05) is 22.9 Å². The molecule has 0 spiro atoms. The third kappa shape index (κ3) is 5.16. The Kier molecular flexibility index (Phi) is 7.10. The maximum absolute atomic E-state index is 13.4. The SMILES string of the molecule is CN1CCN(c2ccc(Nc3ncc4ccc(=O)n(C(c5ccccc5)C5CCCCC5)c4n3)cc2)CC1. The summed E-state index contributed by atoms with van der Waals surface area (Å²) in [6, 6.07) is 22.4. The molecule has 0 amide bonds. The van der Waals surface area contributed by atoms with E-state index in [4.69, 9.17) is 4.98 Å². The molecule has 38 heavy (non-hydrogen) atoms. The number of aromatic nitrogens is 3. The van der Waals surface area contributed by atoms with Crippen molar-refractivity contribution in [3.63, 3.8) is 0 Å². The molecule has 7 heteroatoms. The Labute approximate surface area is 224 Å². The minimum atomic E-state index is -0.0432. The Morgan fingerprint density at radius 2 is 1.61 bits per heavy atom. The fourth-order valence-electron chi connectivity index (χ4n) is 6.05. The maximum Gasteiger partial charge on any atom is 0.252 e. The van der Waals surface area contributed by atoms with Gasteiger partial charge in [-0.25, -0.2) is 4.98 Å². The van der Waals surface area contributed by atoms with E-state index in [1.54, 1.807) is 6.07 Å². The molecule has 0 radical (unpaired) electrons. The van der Waals surface area contributed by atoms with Crippen molar-refractivity contribution in [3.8, 4) is 0 Å². The van der Waals surface area contributed by atoms with E-state index in [9.17, 15) is 4.79 Å². The van der Waals surface area contributed by atoms with Crippen molar-refractivity contribution in [1.82, 2.24) is 19.4 Å². The molecular formula is C31H36N6O. The molecule has 1 saturated carbocycles. The molecular weight excluding hydrogens is 472 g/mol. The van der Waals surface area contributed by atoms with Gasteiger partial charge in [0.2, 0.25) is 5.95 Å². The average molecular weight is 509 g/mol. The monoisotopic (exact) mass is 508 g/mol. The molecule has 2 fully saturated rings. The van der Waals surface area contributed by atoms with Gasteiger partial charge in [-0.1, -0.05) is 49.6 Å². The molecule has 1 aliphatic carbocycles. The van der Waals surface area contributed by atoms with E-state index in [0.717, 1.165) is 50.1 Å². The summed E-state index contributed by atoms with van der Waals surface area (Å²) in [5, 5.41) is 4.25. The van der Waals surface area contributed by atoms with Crippen molar-refractivity contribution >= 4 is 28.4 Å². The van der Waals surface area contributed by atoms with Gasteiger partial charge < -0.3 is 15.1 Å². The number of fused-ring (bicyclic) bond motifs is 1. The van der Waals surface area contributed by atoms with Gasteiger partial charge in [-0.3, -0.25) is 9.36 Å². The van der Waals surface area contributed by atoms with E-state index in [1.165, 1.54) is 30.5 Å². The number of pyridine rings is 1. The van der Waals surface area contributed by atoms with Gasteiger partial charge in [-0.2, -0.15) is 4.98 Å². The second kappa shape index (κ2) is 11.0. The summed E-state index contributed by atoms with van der Waals surface area (Å²) in [4.78, 5) is 27.7. The molecule has 4 aromatic rings. The molecule has 0 bridgehead atoms. The third-order valence-corrected chi connectivity index (χ3v) is 8.17. The zero-order valence-electron chi connectivity index (χ0n) is 22.1. The largest absolute Gasteiger partial charge is 0.369 e. The van der Waals surface area contributed by atoms with Crippen LogP contribution < -0.4 is 15.8 Å². The normalized spacial score (nSPS) is 18.0. The number of anilines is 3. The second-order valence-electron chi connectivity index (χ2n) is 10.7. The molecule has 1 N–H and O–H groups in total. The molecule has 1 atom stereocenters. The zero-order chi connectivity index (χ0) is 25.9. The Bertz CT molecular complexity index is 1420. The first-order chi connectivity index (χ1) is 18.7. The van der Waals surface area contributed by atoms with Gasteiger partial charge in [-0.05, 0) is 61.7 Å². The average Bonchev–Trinajstić information content (AvgIpc) is 2.96. The summed E-state index contributed by atoms with van der Waals surface area (Å²) < 4.78 is 1.92. The van der Waals surface area contributed by atoms with E-state index < -0.39 is 0 Å². The summed E-state index contributed by atoms with van der Waals surface area (Å²) >= 11 is 0. The standard InChI is InChI=1S/C31H36N6O/c1-35-18-20-36(21-19-35)27-15-13-26(14-16-27)33-31-32-22-25-12-17-28(38)37(30(25)34-31)29(23-8-4-2-5-9-23)24-10-6-3-7-11-24/h2,4-5,8-9,12-17,22,24,29H,3,6-7,10-11,18-21H2,1H3,(H,32,33,34). The number of hydrogen-bond acceptors (Lipinski definition) is 6. The molecule has 6 rings (SSSR count). The summed E-state index contributed by atoms with van der Waals surface area (Å²) in [7, 11) is 2.17. The number of nitrogens with zero attached hydrogens (tertiary/aromatic N) is 5. The highest BCUT2D eigenvalue weighted by Gasteiger charge is 2.29. The first-order valence-electron chi connectivity index (χ1n) is 13.9. The fraction of sp³-hybridized carbons (Fsp3) is 0.387. The molecule has 1 saturated heterocycles. The summed E-state index contributed by atoms with van der Waals surface area (Å²) in [6.45, 7) is 4.24. The Balaban J connectivity index is 1.33. The number of hydrogen-bond donors (Lipinski definition) is 1. The van der Waals surface area contributed by atoms with Crippen molar-refractivity contribution < 1.29 is 0 Å². The van der Waals surface area contributed by atoms with Gasteiger partial charge in [0.25, 0.3) is 5.56 Å². The molecule has 2 aromatic carbocycles. The number of rotatable bonds is 6. The molecule has 2 aliphatic rings. The third-order valence-electron chi connectivity index (χ3n) is 8.17. The highest BCUT2D eigenvalue weighted by atomic mass is 16.1. The van der Waals surface area contributed by atoms with Crippen LogP contribution in [0.3, 0.4) is 0 Å². The van der Waals surface area contributed by atoms with Gasteiger partial charge in [0, 0.05) is 55.2 Å². The summed E-state index contributed by atoms with van der Waals surface area (Å²) in [5.41, 5.74) is 4.00. The van der Waals surface area contributed by atoms with Crippen molar-refractivity contribution in [2.24, 2.45) is 5.92 Å². The molecule has 3 heterocycles. The highest BCUT2D eigenvalue weighted by Crippen LogP contribution is 2.37. The van der Waals surface area contributed by atoms with Crippen LogP contribution in [0.2, 0.25) is 0 Å². The minimum Gasteiger partial charge on any atom is -0.369 e. The first-order valence-corrected chi connectivity index (χ1v) is 13.9.